The van der Waals surface area contributed by atoms with Gasteiger partial charge in [0.1, 0.15) is 11.9 Å². The zero-order chi connectivity index (χ0) is 21.5. The molecular weight excluding hydrogens is 442 g/mol. The predicted octanol–water partition coefficient (Wildman–Crippen LogP) is 4.40. The van der Waals surface area contributed by atoms with Crippen molar-refractivity contribution in [3.05, 3.63) is 82.4 Å². The van der Waals surface area contributed by atoms with Crippen molar-refractivity contribution >= 4 is 32.4 Å². The Morgan fingerprint density at radius 3 is 2.57 bits per heavy atom. The lowest BCUT2D eigenvalue weighted by Gasteiger charge is -2.31. The average Bonchev–Trinajstić information content (AvgIpc) is 2.70. The summed E-state index contributed by atoms with van der Waals surface area (Å²) in [6.07, 6.45) is -0.489. The standard InChI is InChI=1S/C22H20ClNO4S2/c1-2-29(25)20-8-4-7-19-21(20)17-10-9-14(13-30(24,26)27)11-18(17)22(28-19)15-5-3-6-16(23)12-15/h3-12,22H,2,13H2,1H3,(H2,24,26,27). The summed E-state index contributed by atoms with van der Waals surface area (Å²) in [5.74, 6) is 0.830. The van der Waals surface area contributed by atoms with Gasteiger partial charge >= 0.3 is 0 Å². The number of halogens is 1. The summed E-state index contributed by atoms with van der Waals surface area (Å²) in [7, 11) is -4.87. The van der Waals surface area contributed by atoms with E-state index in [1.54, 1.807) is 18.2 Å². The summed E-state index contributed by atoms with van der Waals surface area (Å²) in [6, 6.07) is 18.2. The third kappa shape index (κ3) is 4.16. The number of fused-ring (bicyclic) bond motifs is 3. The first-order valence-corrected chi connectivity index (χ1v) is 12.7. The third-order valence-electron chi connectivity index (χ3n) is 4.93. The first-order chi connectivity index (χ1) is 14.3. The summed E-state index contributed by atoms with van der Waals surface area (Å²) >= 11 is 6.20. The van der Waals surface area contributed by atoms with Gasteiger partial charge in [-0.1, -0.05) is 54.9 Å². The van der Waals surface area contributed by atoms with Crippen LogP contribution < -0.4 is 9.88 Å². The Kier molecular flexibility index (Phi) is 5.72. The predicted molar refractivity (Wildman–Crippen MR) is 120 cm³/mol. The van der Waals surface area contributed by atoms with Gasteiger partial charge in [-0.05, 0) is 41.0 Å². The van der Waals surface area contributed by atoms with Gasteiger partial charge in [-0.2, -0.15) is 0 Å². The molecule has 30 heavy (non-hydrogen) atoms. The lowest BCUT2D eigenvalue weighted by Crippen LogP contribution is -2.18. The molecule has 1 aliphatic rings. The van der Waals surface area contributed by atoms with Gasteiger partial charge in [0.2, 0.25) is 10.0 Å². The largest absolute Gasteiger partial charge is 0.480 e. The Balaban J connectivity index is 1.95. The molecular formula is C22H20ClNO4S2. The van der Waals surface area contributed by atoms with E-state index in [0.29, 0.717) is 27.0 Å². The molecule has 1 aliphatic heterocycles. The first-order valence-electron chi connectivity index (χ1n) is 9.34. The van der Waals surface area contributed by atoms with Crippen molar-refractivity contribution in [2.45, 2.75) is 23.7 Å². The summed E-state index contributed by atoms with van der Waals surface area (Å²) < 4.78 is 42.3. The maximum Gasteiger partial charge on any atom is 0.213 e. The highest BCUT2D eigenvalue weighted by atomic mass is 35.5. The molecule has 0 aliphatic carbocycles. The Bertz CT molecular complexity index is 1260. The van der Waals surface area contributed by atoms with E-state index in [1.807, 2.05) is 49.4 Å². The van der Waals surface area contributed by atoms with E-state index < -0.39 is 26.9 Å². The minimum absolute atomic E-state index is 0.280. The first kappa shape index (κ1) is 21.1. The number of sulfonamides is 1. The van der Waals surface area contributed by atoms with Crippen molar-refractivity contribution < 1.29 is 17.4 Å². The van der Waals surface area contributed by atoms with Crippen LogP contribution in [-0.4, -0.2) is 18.4 Å². The van der Waals surface area contributed by atoms with E-state index in [1.165, 1.54) is 0 Å². The second-order valence-corrected chi connectivity index (χ2v) is 10.8. The molecule has 156 valence electrons. The van der Waals surface area contributed by atoms with Gasteiger partial charge in [0.05, 0.1) is 21.4 Å². The SMILES string of the molecule is CCS(=O)c1cccc2c1-c1ccc(CS(N)(=O)=O)cc1C(c1cccc(Cl)c1)O2. The van der Waals surface area contributed by atoms with Gasteiger partial charge in [0.25, 0.3) is 0 Å². The number of primary sulfonamides is 1. The second kappa shape index (κ2) is 8.15. The van der Waals surface area contributed by atoms with E-state index in [9.17, 15) is 12.6 Å². The van der Waals surface area contributed by atoms with Gasteiger partial charge < -0.3 is 4.74 Å². The van der Waals surface area contributed by atoms with Crippen LogP contribution in [0.4, 0.5) is 0 Å². The van der Waals surface area contributed by atoms with E-state index in [0.717, 1.165) is 22.3 Å². The number of rotatable bonds is 5. The molecule has 3 aromatic rings. The van der Waals surface area contributed by atoms with Crippen LogP contribution in [0.5, 0.6) is 5.75 Å². The van der Waals surface area contributed by atoms with Crippen LogP contribution in [0.25, 0.3) is 11.1 Å². The van der Waals surface area contributed by atoms with E-state index in [4.69, 9.17) is 21.5 Å². The zero-order valence-electron chi connectivity index (χ0n) is 16.2. The van der Waals surface area contributed by atoms with Crippen LogP contribution in [0.3, 0.4) is 0 Å². The van der Waals surface area contributed by atoms with Crippen LogP contribution in [0.15, 0.2) is 65.6 Å². The zero-order valence-corrected chi connectivity index (χ0v) is 18.6. The van der Waals surface area contributed by atoms with Crippen molar-refractivity contribution in [1.29, 1.82) is 0 Å². The molecule has 0 aromatic heterocycles. The molecule has 2 N–H and O–H groups in total. The van der Waals surface area contributed by atoms with E-state index in [2.05, 4.69) is 0 Å². The molecule has 0 fully saturated rings. The molecule has 0 bridgehead atoms. The molecule has 0 amide bonds. The Labute approximate surface area is 183 Å². The Morgan fingerprint density at radius 2 is 1.87 bits per heavy atom. The molecule has 5 nitrogen and oxygen atoms in total. The number of ether oxygens (including phenoxy) is 1. The van der Waals surface area contributed by atoms with Crippen molar-refractivity contribution in [2.24, 2.45) is 5.14 Å². The third-order valence-corrected chi connectivity index (χ3v) is 7.25. The summed E-state index contributed by atoms with van der Waals surface area (Å²) in [5.41, 5.74) is 3.81. The normalized spacial score (nSPS) is 16.3. The molecule has 2 unspecified atom stereocenters. The Hall–Kier alpha value is -2.19. The van der Waals surface area contributed by atoms with Crippen molar-refractivity contribution in [3.63, 3.8) is 0 Å². The molecule has 0 spiro atoms. The fourth-order valence-corrected chi connectivity index (χ4v) is 5.53. The van der Waals surface area contributed by atoms with Gasteiger partial charge in [0.15, 0.2) is 0 Å². The molecule has 4 rings (SSSR count). The second-order valence-electron chi connectivity index (χ2n) is 7.05. The lowest BCUT2D eigenvalue weighted by molar-refractivity contribution is 0.243. The maximum atomic E-state index is 12.7. The van der Waals surface area contributed by atoms with Crippen molar-refractivity contribution in [2.75, 3.05) is 5.75 Å². The minimum atomic E-state index is -3.69. The van der Waals surface area contributed by atoms with Crippen molar-refractivity contribution in [3.8, 4) is 16.9 Å². The van der Waals surface area contributed by atoms with E-state index >= 15 is 0 Å². The van der Waals surface area contributed by atoms with Crippen LogP contribution in [0.1, 0.15) is 29.7 Å². The number of hydrogen-bond acceptors (Lipinski definition) is 4. The molecule has 0 saturated carbocycles. The lowest BCUT2D eigenvalue weighted by atomic mass is 9.88. The molecule has 0 saturated heterocycles. The van der Waals surface area contributed by atoms with E-state index in [-0.39, 0.29) is 5.75 Å². The van der Waals surface area contributed by atoms with Gasteiger partial charge in [-0.3, -0.25) is 4.21 Å². The minimum Gasteiger partial charge on any atom is -0.480 e. The smallest absolute Gasteiger partial charge is 0.213 e. The summed E-state index contributed by atoms with van der Waals surface area (Å²) in [5, 5.41) is 5.82. The number of hydrogen-bond donors (Lipinski definition) is 1. The fourth-order valence-electron chi connectivity index (χ4n) is 3.71. The average molecular weight is 462 g/mol. The molecule has 8 heteroatoms. The molecule has 3 aromatic carbocycles. The van der Waals surface area contributed by atoms with Crippen LogP contribution in [-0.2, 0) is 26.6 Å². The Morgan fingerprint density at radius 1 is 1.10 bits per heavy atom. The fraction of sp³-hybridized carbons (Fsp3) is 0.182. The summed E-state index contributed by atoms with van der Waals surface area (Å²) in [6.45, 7) is 1.87. The summed E-state index contributed by atoms with van der Waals surface area (Å²) in [4.78, 5) is 0.694. The molecule has 1 heterocycles. The molecule has 2 atom stereocenters. The van der Waals surface area contributed by atoms with Crippen LogP contribution >= 0.6 is 11.6 Å². The van der Waals surface area contributed by atoms with Crippen LogP contribution in [0.2, 0.25) is 5.02 Å². The van der Waals surface area contributed by atoms with Crippen LogP contribution in [0, 0.1) is 0 Å². The number of benzene rings is 3. The maximum absolute atomic E-state index is 12.7. The molecule has 0 radical (unpaired) electrons. The highest BCUT2D eigenvalue weighted by molar-refractivity contribution is 7.88. The quantitative estimate of drug-likeness (QED) is 0.609. The van der Waals surface area contributed by atoms with Gasteiger partial charge in [-0.25, -0.2) is 13.6 Å². The number of nitrogens with two attached hydrogens (primary N) is 1. The van der Waals surface area contributed by atoms with Gasteiger partial charge in [-0.15, -0.1) is 0 Å². The highest BCUT2D eigenvalue weighted by Gasteiger charge is 2.30. The topological polar surface area (TPSA) is 86.5 Å². The highest BCUT2D eigenvalue weighted by Crippen LogP contribution is 2.47. The monoisotopic (exact) mass is 461 g/mol. The van der Waals surface area contributed by atoms with Gasteiger partial charge in [0, 0.05) is 21.9 Å². The van der Waals surface area contributed by atoms with Crippen molar-refractivity contribution in [1.82, 2.24) is 0 Å².